The summed E-state index contributed by atoms with van der Waals surface area (Å²) in [6.07, 6.45) is 0.879. The summed E-state index contributed by atoms with van der Waals surface area (Å²) in [7, 11) is 6.28. The molecule has 3 nitrogen and oxygen atoms in total. The Hall–Kier alpha value is -0.900. The van der Waals surface area contributed by atoms with Gasteiger partial charge >= 0.3 is 0 Å². The highest BCUT2D eigenvalue weighted by Gasteiger charge is 2.14. The second-order valence-electron chi connectivity index (χ2n) is 6.81. The molecule has 0 saturated carbocycles. The van der Waals surface area contributed by atoms with Crippen molar-refractivity contribution in [1.29, 1.82) is 0 Å². The Labute approximate surface area is 139 Å². The van der Waals surface area contributed by atoms with E-state index in [0.29, 0.717) is 12.5 Å². The quantitative estimate of drug-likeness (QED) is 0.719. The van der Waals surface area contributed by atoms with Gasteiger partial charge in [0.25, 0.3) is 0 Å². The number of hydrogen-bond donors (Lipinski definition) is 2. The fraction of sp³-hybridized carbons (Fsp3) is 0.684. The molecule has 0 heterocycles. The van der Waals surface area contributed by atoms with Crippen molar-refractivity contribution in [2.45, 2.75) is 53.7 Å². The second kappa shape index (κ2) is 10.8. The van der Waals surface area contributed by atoms with Crippen molar-refractivity contribution >= 4 is 0 Å². The molecule has 2 atom stereocenters. The number of rotatable bonds is 8. The predicted molar refractivity (Wildman–Crippen MR) is 99.2 cm³/mol. The van der Waals surface area contributed by atoms with E-state index in [-0.39, 0.29) is 21.0 Å². The lowest BCUT2D eigenvalue weighted by atomic mass is 9.98. The van der Waals surface area contributed by atoms with Crippen LogP contribution in [-0.4, -0.2) is 49.9 Å². The number of aliphatic hydroxyl groups excluding tert-OH is 1. The largest absolute Gasteiger partial charge is 0.386 e. The molecule has 22 heavy (non-hydrogen) atoms. The van der Waals surface area contributed by atoms with Crippen LogP contribution in [-0.2, 0) is 6.54 Å². The maximum absolute atomic E-state index is 9.93. The molecule has 1 aromatic carbocycles. The third kappa shape index (κ3) is 9.19. The third-order valence-electron chi connectivity index (χ3n) is 3.63. The first kappa shape index (κ1) is 23.4. The van der Waals surface area contributed by atoms with E-state index >= 15 is 0 Å². The van der Waals surface area contributed by atoms with Crippen molar-refractivity contribution < 1.29 is 9.59 Å². The van der Waals surface area contributed by atoms with Crippen LogP contribution in [0.2, 0.25) is 0 Å². The summed E-state index contributed by atoms with van der Waals surface area (Å²) >= 11 is 0. The SMILES string of the molecule is C.C.CCC(C)c1ccc(CNCC(O)C[N+](C)(C)C)cc1. The van der Waals surface area contributed by atoms with E-state index in [0.717, 1.165) is 17.6 Å². The average Bonchev–Trinajstić information content (AvgIpc) is 2.36. The standard InChI is InChI=1S/C17H31N2O.2CH4/c1-6-14(2)16-9-7-15(8-10-16)11-18-12-17(20)13-19(3,4)5;;/h7-10,14,17-18,20H,6,11-13H2,1-5H3;2*1H4/q+1;;. The van der Waals surface area contributed by atoms with Gasteiger partial charge in [-0.05, 0) is 23.5 Å². The van der Waals surface area contributed by atoms with E-state index in [1.54, 1.807) is 0 Å². The van der Waals surface area contributed by atoms with Crippen molar-refractivity contribution in [2.24, 2.45) is 0 Å². The van der Waals surface area contributed by atoms with Crippen LogP contribution in [0.15, 0.2) is 24.3 Å². The van der Waals surface area contributed by atoms with Crippen molar-refractivity contribution in [3.8, 4) is 0 Å². The first-order valence-corrected chi connectivity index (χ1v) is 7.60. The summed E-state index contributed by atoms with van der Waals surface area (Å²) in [4.78, 5) is 0. The van der Waals surface area contributed by atoms with Crippen LogP contribution >= 0.6 is 0 Å². The molecule has 0 bridgehead atoms. The summed E-state index contributed by atoms with van der Waals surface area (Å²) in [5.41, 5.74) is 2.68. The molecule has 1 aromatic rings. The van der Waals surface area contributed by atoms with Crippen LogP contribution in [0.1, 0.15) is 52.2 Å². The Bertz CT molecular complexity index is 381. The predicted octanol–water partition coefficient (Wildman–Crippen LogP) is 3.63. The summed E-state index contributed by atoms with van der Waals surface area (Å²) < 4.78 is 0.784. The van der Waals surface area contributed by atoms with E-state index in [1.807, 2.05) is 0 Å². The number of benzene rings is 1. The molecular formula is C19H39N2O+. The van der Waals surface area contributed by atoms with Gasteiger partial charge in [0.15, 0.2) is 0 Å². The third-order valence-corrected chi connectivity index (χ3v) is 3.63. The molecule has 0 fully saturated rings. The first-order valence-electron chi connectivity index (χ1n) is 7.60. The van der Waals surface area contributed by atoms with E-state index in [2.05, 4.69) is 64.6 Å². The highest BCUT2D eigenvalue weighted by Crippen LogP contribution is 2.18. The van der Waals surface area contributed by atoms with Gasteiger partial charge in [-0.2, -0.15) is 0 Å². The smallest absolute Gasteiger partial charge is 0.115 e. The number of aliphatic hydroxyl groups is 1. The summed E-state index contributed by atoms with van der Waals surface area (Å²) in [5.74, 6) is 0.628. The van der Waals surface area contributed by atoms with Crippen molar-refractivity contribution in [1.82, 2.24) is 5.32 Å². The Morgan fingerprint density at radius 2 is 1.64 bits per heavy atom. The minimum atomic E-state index is -0.297. The minimum Gasteiger partial charge on any atom is -0.386 e. The molecule has 0 aromatic heterocycles. The summed E-state index contributed by atoms with van der Waals surface area (Å²) in [6, 6.07) is 8.79. The molecule has 0 spiro atoms. The van der Waals surface area contributed by atoms with Gasteiger partial charge in [0.05, 0.1) is 21.1 Å². The Balaban J connectivity index is 0. The van der Waals surface area contributed by atoms with Gasteiger partial charge in [-0.1, -0.05) is 53.0 Å². The van der Waals surface area contributed by atoms with Crippen molar-refractivity contribution in [3.05, 3.63) is 35.4 Å². The fourth-order valence-corrected chi connectivity index (χ4v) is 2.28. The van der Waals surface area contributed by atoms with Crippen molar-refractivity contribution in [3.63, 3.8) is 0 Å². The van der Waals surface area contributed by atoms with Crippen LogP contribution in [0, 0.1) is 0 Å². The van der Waals surface area contributed by atoms with Gasteiger partial charge < -0.3 is 14.9 Å². The zero-order valence-electron chi connectivity index (χ0n) is 13.7. The van der Waals surface area contributed by atoms with Gasteiger partial charge in [-0.15, -0.1) is 0 Å². The van der Waals surface area contributed by atoms with E-state index in [4.69, 9.17) is 0 Å². The topological polar surface area (TPSA) is 32.3 Å². The molecule has 2 N–H and O–H groups in total. The molecule has 0 aliphatic heterocycles. The van der Waals surface area contributed by atoms with Crippen LogP contribution in [0.25, 0.3) is 0 Å². The summed E-state index contributed by atoms with van der Waals surface area (Å²) in [6.45, 7) is 6.70. The average molecular weight is 312 g/mol. The maximum atomic E-state index is 9.93. The van der Waals surface area contributed by atoms with E-state index in [1.165, 1.54) is 17.5 Å². The van der Waals surface area contributed by atoms with Crippen molar-refractivity contribution in [2.75, 3.05) is 34.2 Å². The number of nitrogens with zero attached hydrogens (tertiary/aromatic N) is 1. The normalized spacial score (nSPS) is 13.7. The zero-order chi connectivity index (χ0) is 15.2. The first-order chi connectivity index (χ1) is 9.31. The molecule has 0 aliphatic rings. The minimum absolute atomic E-state index is 0. The molecule has 0 amide bonds. The fourth-order valence-electron chi connectivity index (χ4n) is 2.28. The molecule has 2 unspecified atom stereocenters. The van der Waals surface area contributed by atoms with Crippen LogP contribution in [0.5, 0.6) is 0 Å². The molecule has 130 valence electrons. The second-order valence-corrected chi connectivity index (χ2v) is 6.81. The lowest BCUT2D eigenvalue weighted by molar-refractivity contribution is -0.873. The molecule has 0 saturated heterocycles. The monoisotopic (exact) mass is 311 g/mol. The van der Waals surface area contributed by atoms with E-state index < -0.39 is 0 Å². The zero-order valence-corrected chi connectivity index (χ0v) is 13.7. The highest BCUT2D eigenvalue weighted by atomic mass is 16.3. The molecule has 1 rings (SSSR count). The maximum Gasteiger partial charge on any atom is 0.115 e. The lowest BCUT2D eigenvalue weighted by Gasteiger charge is -2.26. The number of likely N-dealkylation sites (N-methyl/N-ethyl adjacent to an activating group) is 1. The number of quaternary nitrogens is 1. The van der Waals surface area contributed by atoms with Gasteiger partial charge in [0.1, 0.15) is 12.6 Å². The van der Waals surface area contributed by atoms with Gasteiger partial charge in [0, 0.05) is 13.1 Å². The molecular weight excluding hydrogens is 272 g/mol. The lowest BCUT2D eigenvalue weighted by Crippen LogP contribution is -2.44. The van der Waals surface area contributed by atoms with Gasteiger partial charge in [-0.25, -0.2) is 0 Å². The molecule has 0 aliphatic carbocycles. The number of nitrogens with one attached hydrogen (secondary N) is 1. The Morgan fingerprint density at radius 3 is 2.09 bits per heavy atom. The van der Waals surface area contributed by atoms with Crippen LogP contribution in [0.4, 0.5) is 0 Å². The van der Waals surface area contributed by atoms with Gasteiger partial charge in [0.2, 0.25) is 0 Å². The molecule has 3 heteroatoms. The molecule has 0 radical (unpaired) electrons. The Kier molecular flexibility index (Phi) is 11.4. The van der Waals surface area contributed by atoms with Crippen LogP contribution < -0.4 is 5.32 Å². The Morgan fingerprint density at radius 1 is 1.09 bits per heavy atom. The summed E-state index contributed by atoms with van der Waals surface area (Å²) in [5, 5.41) is 13.3. The van der Waals surface area contributed by atoms with Gasteiger partial charge in [-0.3, -0.25) is 0 Å². The van der Waals surface area contributed by atoms with Crippen LogP contribution in [0.3, 0.4) is 0 Å². The van der Waals surface area contributed by atoms with E-state index in [9.17, 15) is 5.11 Å². The highest BCUT2D eigenvalue weighted by molar-refractivity contribution is 5.24. The number of hydrogen-bond acceptors (Lipinski definition) is 2.